The molecular weight excluding hydrogens is 214 g/mol. The van der Waals surface area contributed by atoms with Gasteiger partial charge in [0.05, 0.1) is 11.0 Å². The summed E-state index contributed by atoms with van der Waals surface area (Å²) in [4.78, 5) is 12.4. The van der Waals surface area contributed by atoms with Crippen molar-refractivity contribution < 1.29 is 0 Å². The van der Waals surface area contributed by atoms with Gasteiger partial charge in [0.15, 0.2) is 0 Å². The summed E-state index contributed by atoms with van der Waals surface area (Å²) in [5, 5.41) is 0. The molecule has 0 saturated heterocycles. The second-order valence-electron chi connectivity index (χ2n) is 3.51. The highest BCUT2D eigenvalue weighted by molar-refractivity contribution is 6.10. The second kappa shape index (κ2) is 4.61. The lowest BCUT2D eigenvalue weighted by molar-refractivity contribution is 1.33. The molecule has 2 aromatic heterocycles. The molecule has 86 valence electrons. The molecule has 0 spiro atoms. The summed E-state index contributed by atoms with van der Waals surface area (Å²) < 4.78 is 0. The van der Waals surface area contributed by atoms with E-state index in [2.05, 4.69) is 15.0 Å². The lowest BCUT2D eigenvalue weighted by Gasteiger charge is -2.03. The number of pyridine rings is 2. The van der Waals surface area contributed by atoms with Crippen LogP contribution in [0.1, 0.15) is 5.56 Å². The van der Waals surface area contributed by atoms with Crippen molar-refractivity contribution in [3.63, 3.8) is 0 Å². The first-order valence-electron chi connectivity index (χ1n) is 5.11. The van der Waals surface area contributed by atoms with E-state index in [1.807, 2.05) is 12.1 Å². The quantitative estimate of drug-likeness (QED) is 0.754. The Balaban J connectivity index is 2.57. The van der Waals surface area contributed by atoms with Gasteiger partial charge in [-0.05, 0) is 18.2 Å². The average Bonchev–Trinajstić information content (AvgIpc) is 2.35. The van der Waals surface area contributed by atoms with Crippen LogP contribution in [0.25, 0.3) is 16.6 Å². The highest BCUT2D eigenvalue weighted by Crippen LogP contribution is 2.17. The zero-order valence-corrected chi connectivity index (χ0v) is 9.46. The van der Waals surface area contributed by atoms with Crippen molar-refractivity contribution in [2.75, 3.05) is 12.8 Å². The molecule has 0 bridgehead atoms. The van der Waals surface area contributed by atoms with Crippen LogP contribution in [-0.4, -0.2) is 23.2 Å². The Hall–Kier alpha value is -2.43. The van der Waals surface area contributed by atoms with Gasteiger partial charge in [-0.15, -0.1) is 0 Å². The van der Waals surface area contributed by atoms with Gasteiger partial charge in [-0.1, -0.05) is 0 Å². The lowest BCUT2D eigenvalue weighted by atomic mass is 10.1. The van der Waals surface area contributed by atoms with Crippen LogP contribution < -0.4 is 11.5 Å². The first-order chi connectivity index (χ1) is 8.24. The zero-order chi connectivity index (χ0) is 12.3. The largest absolute Gasteiger partial charge is 0.404 e. The van der Waals surface area contributed by atoms with Gasteiger partial charge in [-0.25, -0.2) is 4.98 Å². The Morgan fingerprint density at radius 1 is 1.35 bits per heavy atom. The lowest BCUT2D eigenvalue weighted by Crippen LogP contribution is -1.95. The van der Waals surface area contributed by atoms with Gasteiger partial charge < -0.3 is 11.5 Å². The Labute approximate surface area is 98.9 Å². The molecule has 0 saturated carbocycles. The fourth-order valence-electron chi connectivity index (χ4n) is 1.53. The van der Waals surface area contributed by atoms with Crippen molar-refractivity contribution in [2.24, 2.45) is 10.7 Å². The smallest absolute Gasteiger partial charge is 0.124 e. The maximum Gasteiger partial charge on any atom is 0.124 e. The molecule has 0 aliphatic rings. The molecule has 0 atom stereocenters. The van der Waals surface area contributed by atoms with Crippen LogP contribution in [-0.2, 0) is 0 Å². The van der Waals surface area contributed by atoms with Crippen LogP contribution in [0, 0.1) is 0 Å². The molecule has 0 radical (unpaired) electrons. The van der Waals surface area contributed by atoms with Gasteiger partial charge >= 0.3 is 0 Å². The van der Waals surface area contributed by atoms with Crippen molar-refractivity contribution in [1.82, 2.24) is 9.97 Å². The Morgan fingerprint density at radius 3 is 2.88 bits per heavy atom. The number of aromatic nitrogens is 2. The van der Waals surface area contributed by atoms with E-state index in [4.69, 9.17) is 11.5 Å². The number of allylic oxidation sites excluding steroid dienone is 1. The molecule has 0 aromatic carbocycles. The number of hydrogen-bond acceptors (Lipinski definition) is 5. The molecule has 0 unspecified atom stereocenters. The minimum atomic E-state index is 0.471. The maximum atomic E-state index is 5.64. The summed E-state index contributed by atoms with van der Waals surface area (Å²) in [6, 6.07) is 5.45. The van der Waals surface area contributed by atoms with Crippen molar-refractivity contribution in [3.05, 3.63) is 36.2 Å². The molecule has 17 heavy (non-hydrogen) atoms. The van der Waals surface area contributed by atoms with Crippen molar-refractivity contribution >= 4 is 28.6 Å². The van der Waals surface area contributed by atoms with Crippen LogP contribution in [0.4, 0.5) is 5.82 Å². The second-order valence-corrected chi connectivity index (χ2v) is 3.51. The predicted octanol–water partition coefficient (Wildman–Crippen LogP) is 1.21. The van der Waals surface area contributed by atoms with Crippen molar-refractivity contribution in [1.29, 1.82) is 0 Å². The van der Waals surface area contributed by atoms with Crippen LogP contribution in [0.3, 0.4) is 0 Å². The average molecular weight is 227 g/mol. The number of fused-ring (bicyclic) bond motifs is 1. The molecular formula is C12H13N5. The molecule has 5 nitrogen and oxygen atoms in total. The minimum Gasteiger partial charge on any atom is -0.404 e. The Morgan fingerprint density at radius 2 is 2.18 bits per heavy atom. The molecule has 2 rings (SSSR count). The number of nitrogens with two attached hydrogens (primary N) is 2. The third-order valence-corrected chi connectivity index (χ3v) is 2.34. The molecule has 4 N–H and O–H groups in total. The molecule has 0 aliphatic heterocycles. The highest BCUT2D eigenvalue weighted by Gasteiger charge is 2.02. The number of nitrogens with zero attached hydrogens (tertiary/aromatic N) is 3. The van der Waals surface area contributed by atoms with E-state index in [0.29, 0.717) is 5.82 Å². The van der Waals surface area contributed by atoms with Gasteiger partial charge in [-0.2, -0.15) is 0 Å². The summed E-state index contributed by atoms with van der Waals surface area (Å²) in [6.45, 7) is 0. The van der Waals surface area contributed by atoms with Gasteiger partial charge in [0, 0.05) is 36.8 Å². The summed E-state index contributed by atoms with van der Waals surface area (Å²) in [7, 11) is 1.69. The third kappa shape index (κ3) is 2.23. The zero-order valence-electron chi connectivity index (χ0n) is 9.46. The molecule has 0 aliphatic carbocycles. The standard InChI is InChI=1S/C12H13N5/c1-15-6-9(5-13)8-4-11-10(16-7-8)2-3-12(14)17-11/h2-7H,13H2,1H3,(H2,14,17). The van der Waals surface area contributed by atoms with E-state index >= 15 is 0 Å². The van der Waals surface area contributed by atoms with E-state index in [0.717, 1.165) is 22.2 Å². The van der Waals surface area contributed by atoms with Crippen LogP contribution >= 0.6 is 0 Å². The normalized spacial score (nSPS) is 12.4. The monoisotopic (exact) mass is 227 g/mol. The van der Waals surface area contributed by atoms with E-state index in [9.17, 15) is 0 Å². The van der Waals surface area contributed by atoms with Crippen LogP contribution in [0.5, 0.6) is 0 Å². The predicted molar refractivity (Wildman–Crippen MR) is 70.5 cm³/mol. The van der Waals surface area contributed by atoms with Crippen LogP contribution in [0.15, 0.2) is 35.6 Å². The molecule has 0 amide bonds. The van der Waals surface area contributed by atoms with E-state index < -0.39 is 0 Å². The molecule has 2 heterocycles. The van der Waals surface area contributed by atoms with Gasteiger partial charge in [0.25, 0.3) is 0 Å². The van der Waals surface area contributed by atoms with E-state index in [1.54, 1.807) is 25.5 Å². The highest BCUT2D eigenvalue weighted by atomic mass is 14.8. The number of nitrogen functional groups attached to an aromatic ring is 1. The number of anilines is 1. The summed E-state index contributed by atoms with van der Waals surface area (Å²) >= 11 is 0. The number of hydrogen-bond donors (Lipinski definition) is 2. The number of aliphatic imine (C=N–C) groups is 1. The summed E-state index contributed by atoms with van der Waals surface area (Å²) in [5.41, 5.74) is 14.4. The fourth-order valence-corrected chi connectivity index (χ4v) is 1.53. The molecule has 2 aromatic rings. The maximum absolute atomic E-state index is 5.64. The molecule has 5 heteroatoms. The third-order valence-electron chi connectivity index (χ3n) is 2.34. The Bertz CT molecular complexity index is 601. The SMILES string of the molecule is CN=CC(=CN)c1cnc2ccc(N)nc2c1. The molecule has 0 fully saturated rings. The van der Waals surface area contributed by atoms with Crippen molar-refractivity contribution in [3.8, 4) is 0 Å². The van der Waals surface area contributed by atoms with Crippen molar-refractivity contribution in [2.45, 2.75) is 0 Å². The van der Waals surface area contributed by atoms with Crippen LogP contribution in [0.2, 0.25) is 0 Å². The first kappa shape index (κ1) is 11.1. The van der Waals surface area contributed by atoms with Gasteiger partial charge in [0.2, 0.25) is 0 Å². The minimum absolute atomic E-state index is 0.471. The summed E-state index contributed by atoms with van der Waals surface area (Å²) in [5.74, 6) is 0.471. The van der Waals surface area contributed by atoms with Gasteiger partial charge in [0.1, 0.15) is 5.82 Å². The topological polar surface area (TPSA) is 90.2 Å². The number of rotatable bonds is 2. The van der Waals surface area contributed by atoms with E-state index in [-0.39, 0.29) is 0 Å². The van der Waals surface area contributed by atoms with E-state index in [1.165, 1.54) is 6.20 Å². The Kier molecular flexibility index (Phi) is 3.00. The fraction of sp³-hybridized carbons (Fsp3) is 0.0833. The summed E-state index contributed by atoms with van der Waals surface area (Å²) in [6.07, 6.45) is 4.90. The first-order valence-corrected chi connectivity index (χ1v) is 5.11. The van der Waals surface area contributed by atoms with Gasteiger partial charge in [-0.3, -0.25) is 9.98 Å².